The zero-order valence-corrected chi connectivity index (χ0v) is 23.6. The number of aliphatic hydroxyl groups excluding tert-OH is 1. The second kappa shape index (κ2) is 9.90. The van der Waals surface area contributed by atoms with Crippen LogP contribution in [-0.2, 0) is 16.6 Å². The lowest BCUT2D eigenvalue weighted by molar-refractivity contribution is 0.154. The maximum Gasteiger partial charge on any atom is 0.169 e. The average molecular weight is 512 g/mol. The van der Waals surface area contributed by atoms with Crippen molar-refractivity contribution in [2.45, 2.75) is 47.8 Å². The van der Waals surface area contributed by atoms with Crippen molar-refractivity contribution in [3.63, 3.8) is 0 Å². The van der Waals surface area contributed by atoms with Crippen LogP contribution in [0.3, 0.4) is 0 Å². The van der Waals surface area contributed by atoms with Gasteiger partial charge in [0, 0.05) is 22.4 Å². The van der Waals surface area contributed by atoms with E-state index in [1.54, 1.807) is 11.8 Å². The van der Waals surface area contributed by atoms with E-state index in [0.717, 1.165) is 38.5 Å². The Labute approximate surface area is 221 Å². The lowest BCUT2D eigenvalue weighted by Gasteiger charge is -2.41. The van der Waals surface area contributed by atoms with Crippen molar-refractivity contribution in [1.82, 2.24) is 0 Å². The van der Waals surface area contributed by atoms with Crippen LogP contribution in [-0.4, -0.2) is 21.9 Å². The largest absolute Gasteiger partial charge is 0.406 e. The molecular formula is C31H33NO2SSi. The summed E-state index contributed by atoms with van der Waals surface area (Å²) in [5.74, 6) is 0. The van der Waals surface area contributed by atoms with Gasteiger partial charge >= 0.3 is 0 Å². The van der Waals surface area contributed by atoms with Gasteiger partial charge in [0.2, 0.25) is 0 Å². The molecule has 5 heteroatoms. The smallest absolute Gasteiger partial charge is 0.169 e. The number of fused-ring (bicyclic) bond motifs is 2. The zero-order valence-electron chi connectivity index (χ0n) is 21.4. The maximum absolute atomic E-state index is 10.1. The summed E-state index contributed by atoms with van der Waals surface area (Å²) in [6, 6.07) is 34.0. The van der Waals surface area contributed by atoms with Gasteiger partial charge in [-0.2, -0.15) is 0 Å². The molecule has 0 unspecified atom stereocenters. The van der Waals surface area contributed by atoms with Gasteiger partial charge in [-0.05, 0) is 33.9 Å². The first-order valence-corrected chi connectivity index (χ1v) is 14.5. The first-order valence-electron chi connectivity index (χ1n) is 12.4. The number of nitrogens with zero attached hydrogens (tertiary/aromatic N) is 1. The predicted octanol–water partition coefficient (Wildman–Crippen LogP) is 7.02. The van der Waals surface area contributed by atoms with Crippen molar-refractivity contribution in [3.8, 4) is 0 Å². The van der Waals surface area contributed by atoms with E-state index in [4.69, 9.17) is 4.43 Å². The minimum atomic E-state index is -0.957. The highest BCUT2D eigenvalue weighted by Crippen LogP contribution is 2.54. The van der Waals surface area contributed by atoms with E-state index < -0.39 is 15.4 Å². The van der Waals surface area contributed by atoms with Gasteiger partial charge in [-0.3, -0.25) is 0 Å². The molecule has 0 atom stereocenters. The second-order valence-electron chi connectivity index (χ2n) is 10.5. The van der Waals surface area contributed by atoms with Crippen molar-refractivity contribution in [3.05, 3.63) is 119 Å². The van der Waals surface area contributed by atoms with E-state index in [-0.39, 0.29) is 11.6 Å². The molecule has 0 fully saturated rings. The third-order valence-electron chi connectivity index (χ3n) is 6.63. The number of aliphatic hydroxyl groups is 1. The van der Waals surface area contributed by atoms with Crippen LogP contribution in [0.15, 0.2) is 107 Å². The molecule has 1 N–H and O–H groups in total. The van der Waals surface area contributed by atoms with E-state index in [1.165, 1.54) is 4.90 Å². The Morgan fingerprint density at radius 2 is 1.31 bits per heavy atom. The quantitative estimate of drug-likeness (QED) is 0.223. The van der Waals surface area contributed by atoms with Crippen molar-refractivity contribution in [2.24, 2.45) is 0 Å². The number of hydrogen-bond donors (Lipinski definition) is 1. The van der Waals surface area contributed by atoms with Crippen LogP contribution >= 0.6 is 11.8 Å². The third-order valence-corrected chi connectivity index (χ3v) is 9.38. The molecule has 1 heterocycles. The Kier molecular flexibility index (Phi) is 6.84. The van der Waals surface area contributed by atoms with Crippen LogP contribution < -0.4 is 4.90 Å². The van der Waals surface area contributed by atoms with Gasteiger partial charge in [-0.15, -0.1) is 0 Å². The number of hydrogen-bond acceptors (Lipinski definition) is 4. The molecule has 3 nitrogen and oxygen atoms in total. The Hall–Kier alpha value is -2.83. The topological polar surface area (TPSA) is 32.7 Å². The molecule has 0 spiro atoms. The van der Waals surface area contributed by atoms with E-state index in [2.05, 4.69) is 118 Å². The molecule has 0 aromatic heterocycles. The summed E-state index contributed by atoms with van der Waals surface area (Å²) in [6.07, 6.45) is 0. The molecule has 0 saturated heterocycles. The fraction of sp³-hybridized carbons (Fsp3) is 0.226. The summed E-state index contributed by atoms with van der Waals surface area (Å²) in [6.45, 7) is 6.82. The molecule has 0 bridgehead atoms. The highest BCUT2D eigenvalue weighted by molar-refractivity contribution is 7.99. The van der Waals surface area contributed by atoms with Crippen molar-refractivity contribution in [1.29, 1.82) is 0 Å². The molecule has 5 rings (SSSR count). The van der Waals surface area contributed by atoms with Gasteiger partial charge in [0.15, 0.2) is 9.76 Å². The maximum atomic E-state index is 10.1. The van der Waals surface area contributed by atoms with Crippen LogP contribution in [0.2, 0.25) is 5.04 Å². The molecule has 0 amide bonds. The summed E-state index contributed by atoms with van der Waals surface area (Å²) in [4.78, 5) is 4.51. The second-order valence-corrected chi connectivity index (χ2v) is 14.2. The van der Waals surface area contributed by atoms with Crippen LogP contribution in [0, 0.1) is 0 Å². The Morgan fingerprint density at radius 3 is 1.86 bits per heavy atom. The Balaban J connectivity index is 1.81. The molecule has 184 valence electrons. The number of rotatable bonds is 6. The fourth-order valence-electron chi connectivity index (χ4n) is 4.88. The molecule has 36 heavy (non-hydrogen) atoms. The summed E-state index contributed by atoms with van der Waals surface area (Å²) in [7, 11) is 1.15. The zero-order chi connectivity index (χ0) is 25.3. The van der Waals surface area contributed by atoms with Crippen molar-refractivity contribution >= 4 is 32.9 Å². The highest BCUT2D eigenvalue weighted by atomic mass is 32.2. The molecule has 4 aromatic carbocycles. The third kappa shape index (κ3) is 4.41. The lowest BCUT2D eigenvalue weighted by Crippen LogP contribution is -2.37. The van der Waals surface area contributed by atoms with Crippen LogP contribution in [0.5, 0.6) is 0 Å². The van der Waals surface area contributed by atoms with Crippen LogP contribution in [0.25, 0.3) is 0 Å². The SMILES string of the molecule is CN1c2cccc(CO)c2Sc2c1cccc2C(O[SiH2]C(C)(C)C)(c1ccccc1)c1ccccc1. The summed E-state index contributed by atoms with van der Waals surface area (Å²) in [5, 5.41) is 10.3. The average Bonchev–Trinajstić information content (AvgIpc) is 2.90. The van der Waals surface area contributed by atoms with Gasteiger partial charge in [0.25, 0.3) is 0 Å². The summed E-state index contributed by atoms with van der Waals surface area (Å²) in [5.41, 5.74) is 5.87. The molecular weight excluding hydrogens is 478 g/mol. The number of anilines is 2. The molecule has 0 aliphatic carbocycles. The van der Waals surface area contributed by atoms with Gasteiger partial charge < -0.3 is 14.4 Å². The predicted molar refractivity (Wildman–Crippen MR) is 153 cm³/mol. The number of benzene rings is 4. The van der Waals surface area contributed by atoms with Crippen molar-refractivity contribution in [2.75, 3.05) is 11.9 Å². The van der Waals surface area contributed by atoms with E-state index in [1.807, 2.05) is 12.1 Å². The van der Waals surface area contributed by atoms with E-state index >= 15 is 0 Å². The van der Waals surface area contributed by atoms with Crippen LogP contribution in [0.4, 0.5) is 11.4 Å². The first-order chi connectivity index (χ1) is 17.3. The van der Waals surface area contributed by atoms with Gasteiger partial charge in [-0.1, -0.05) is 117 Å². The molecule has 4 aromatic rings. The van der Waals surface area contributed by atoms with Crippen LogP contribution in [0.1, 0.15) is 43.0 Å². The fourth-order valence-corrected chi connectivity index (χ4v) is 7.42. The van der Waals surface area contributed by atoms with Gasteiger partial charge in [0.1, 0.15) is 5.60 Å². The molecule has 1 aliphatic rings. The van der Waals surface area contributed by atoms with E-state index in [0.29, 0.717) is 0 Å². The van der Waals surface area contributed by atoms with Gasteiger partial charge in [0.05, 0.1) is 18.0 Å². The Morgan fingerprint density at radius 1 is 0.750 bits per heavy atom. The minimum Gasteiger partial charge on any atom is -0.406 e. The summed E-state index contributed by atoms with van der Waals surface area (Å²) >= 11 is 1.75. The highest BCUT2D eigenvalue weighted by Gasteiger charge is 2.42. The standard InChI is InChI=1S/C31H33NO2SSi/c1-30(2,3)36-34-31(23-14-7-5-8-15-23,24-16-9-6-10-17-24)25-18-12-20-27-29(25)35-28-22(21-33)13-11-19-26(28)32(27)4/h5-20,33H,21,36H2,1-4H3. The Bertz CT molecular complexity index is 1310. The summed E-state index contributed by atoms with van der Waals surface area (Å²) < 4.78 is 7.26. The van der Waals surface area contributed by atoms with Crippen molar-refractivity contribution < 1.29 is 9.53 Å². The minimum absolute atomic E-state index is 0.0114. The molecule has 1 aliphatic heterocycles. The first kappa shape index (κ1) is 24.8. The lowest BCUT2D eigenvalue weighted by atomic mass is 9.80. The molecule has 0 saturated carbocycles. The molecule has 0 radical (unpaired) electrons. The van der Waals surface area contributed by atoms with E-state index in [9.17, 15) is 5.11 Å². The van der Waals surface area contributed by atoms with Gasteiger partial charge in [-0.25, -0.2) is 0 Å². The monoisotopic (exact) mass is 511 g/mol. The normalized spacial score (nSPS) is 13.6.